The van der Waals surface area contributed by atoms with E-state index in [0.717, 1.165) is 53.7 Å². The highest BCUT2D eigenvalue weighted by molar-refractivity contribution is 7.22. The number of anilines is 1. The topological polar surface area (TPSA) is 54.9 Å². The van der Waals surface area contributed by atoms with Crippen LogP contribution in [0, 0.1) is 0 Å². The molecule has 1 aliphatic rings. The first-order valence-corrected chi connectivity index (χ1v) is 11.2. The predicted molar refractivity (Wildman–Crippen MR) is 126 cm³/mol. The highest BCUT2D eigenvalue weighted by atomic mass is 35.5. The van der Waals surface area contributed by atoms with Crippen LogP contribution in [0.5, 0.6) is 5.75 Å². The molecular formula is C21H24ClN3O3S2. The molecule has 0 unspecified atom stereocenters. The van der Waals surface area contributed by atoms with Crippen LogP contribution >= 0.6 is 35.1 Å². The lowest BCUT2D eigenvalue weighted by Crippen LogP contribution is -2.42. The number of nitrogens with zero attached hydrogens (tertiary/aromatic N) is 3. The number of thiophene rings is 1. The number of ether oxygens (including phenoxy) is 2. The second-order valence-corrected chi connectivity index (χ2v) is 8.61. The molecule has 0 atom stereocenters. The van der Waals surface area contributed by atoms with Gasteiger partial charge in [0.05, 0.1) is 30.5 Å². The van der Waals surface area contributed by atoms with E-state index < -0.39 is 0 Å². The van der Waals surface area contributed by atoms with E-state index in [0.29, 0.717) is 11.7 Å². The zero-order chi connectivity index (χ0) is 20.1. The maximum atomic E-state index is 13.1. The molecule has 0 N–H and O–H groups in total. The Hall–Kier alpha value is -1.97. The van der Waals surface area contributed by atoms with Crippen molar-refractivity contribution in [2.75, 3.05) is 51.4 Å². The maximum absolute atomic E-state index is 13.1. The Morgan fingerprint density at radius 1 is 1.33 bits per heavy atom. The highest BCUT2D eigenvalue weighted by Crippen LogP contribution is 2.31. The van der Waals surface area contributed by atoms with Gasteiger partial charge in [0.2, 0.25) is 0 Å². The van der Waals surface area contributed by atoms with Gasteiger partial charge in [-0.25, -0.2) is 4.98 Å². The van der Waals surface area contributed by atoms with E-state index in [9.17, 15) is 4.79 Å². The number of carbonyl (C=O) groups is 1. The Morgan fingerprint density at radius 2 is 2.17 bits per heavy atom. The molecule has 1 amide bonds. The molecule has 30 heavy (non-hydrogen) atoms. The zero-order valence-corrected chi connectivity index (χ0v) is 19.1. The van der Waals surface area contributed by atoms with E-state index in [1.54, 1.807) is 29.4 Å². The number of halogens is 1. The van der Waals surface area contributed by atoms with Crippen molar-refractivity contribution in [3.63, 3.8) is 0 Å². The van der Waals surface area contributed by atoms with Crippen molar-refractivity contribution in [3.8, 4) is 5.75 Å². The largest absolute Gasteiger partial charge is 0.497 e. The molecule has 160 valence electrons. The lowest BCUT2D eigenvalue weighted by atomic mass is 10.3. The minimum absolute atomic E-state index is 0. The summed E-state index contributed by atoms with van der Waals surface area (Å²) in [4.78, 5) is 22.9. The number of fused-ring (bicyclic) bond motifs is 1. The minimum Gasteiger partial charge on any atom is -0.497 e. The molecule has 6 nitrogen and oxygen atoms in total. The number of methoxy groups -OCH3 is 1. The molecular weight excluding hydrogens is 442 g/mol. The Balaban J connectivity index is 0.00000256. The Morgan fingerprint density at radius 3 is 2.90 bits per heavy atom. The molecule has 3 aromatic rings. The van der Waals surface area contributed by atoms with Gasteiger partial charge in [-0.1, -0.05) is 17.4 Å². The van der Waals surface area contributed by atoms with Crippen LogP contribution in [-0.4, -0.2) is 62.3 Å². The molecule has 9 heteroatoms. The number of hydrogen-bond acceptors (Lipinski definition) is 7. The molecule has 0 saturated carbocycles. The number of carbonyl (C=O) groups excluding carboxylic acids is 1. The number of benzene rings is 1. The van der Waals surface area contributed by atoms with Crippen LogP contribution in [0.1, 0.15) is 4.88 Å². The second kappa shape index (κ2) is 10.9. The number of aromatic nitrogens is 1. The first-order chi connectivity index (χ1) is 14.2. The molecule has 1 fully saturated rings. The van der Waals surface area contributed by atoms with Gasteiger partial charge < -0.3 is 9.47 Å². The lowest BCUT2D eigenvalue weighted by molar-refractivity contribution is -0.114. The summed E-state index contributed by atoms with van der Waals surface area (Å²) < 4.78 is 11.8. The van der Waals surface area contributed by atoms with Gasteiger partial charge in [-0.15, -0.1) is 23.7 Å². The fourth-order valence-corrected chi connectivity index (χ4v) is 4.73. The lowest BCUT2D eigenvalue weighted by Gasteiger charge is -2.28. The fraction of sp³-hybridized carbons (Fsp3) is 0.333. The van der Waals surface area contributed by atoms with E-state index in [1.807, 2.05) is 41.8 Å². The quantitative estimate of drug-likeness (QED) is 0.490. The van der Waals surface area contributed by atoms with E-state index in [2.05, 4.69) is 4.90 Å². The van der Waals surface area contributed by atoms with Crippen LogP contribution in [0.2, 0.25) is 0 Å². The Bertz CT molecular complexity index is 985. The Kier molecular flexibility index (Phi) is 8.24. The molecule has 1 aliphatic heterocycles. The summed E-state index contributed by atoms with van der Waals surface area (Å²) in [6.45, 7) is 4.65. The summed E-state index contributed by atoms with van der Waals surface area (Å²) in [7, 11) is 1.64. The minimum atomic E-state index is -0.0577. The third kappa shape index (κ3) is 5.59. The number of thiazole rings is 1. The first-order valence-electron chi connectivity index (χ1n) is 9.51. The van der Waals surface area contributed by atoms with Gasteiger partial charge in [0, 0.05) is 43.2 Å². The summed E-state index contributed by atoms with van der Waals surface area (Å²) >= 11 is 3.14. The van der Waals surface area contributed by atoms with Gasteiger partial charge in [0.25, 0.3) is 5.91 Å². The number of morpholine rings is 1. The normalized spacial score (nSPS) is 14.7. The second-order valence-electron chi connectivity index (χ2n) is 6.62. The van der Waals surface area contributed by atoms with Crippen LogP contribution in [-0.2, 0) is 9.53 Å². The van der Waals surface area contributed by atoms with Gasteiger partial charge >= 0.3 is 0 Å². The SMILES string of the molecule is COc1ccc2sc(N(CCN3CCOCC3)C(=O)/C=C/c3cccs3)nc2c1.Cl. The molecule has 0 bridgehead atoms. The van der Waals surface area contributed by atoms with Crippen LogP contribution in [0.15, 0.2) is 41.8 Å². The number of hydrogen-bond donors (Lipinski definition) is 0. The molecule has 1 saturated heterocycles. The van der Waals surface area contributed by atoms with E-state index in [1.165, 1.54) is 11.3 Å². The van der Waals surface area contributed by atoms with Crippen LogP contribution in [0.3, 0.4) is 0 Å². The third-order valence-corrected chi connectivity index (χ3v) is 6.65. The summed E-state index contributed by atoms with van der Waals surface area (Å²) in [5.74, 6) is 0.704. The van der Waals surface area contributed by atoms with E-state index in [-0.39, 0.29) is 18.3 Å². The van der Waals surface area contributed by atoms with Crippen molar-refractivity contribution in [3.05, 3.63) is 46.7 Å². The summed E-state index contributed by atoms with van der Waals surface area (Å²) in [5.41, 5.74) is 0.843. The van der Waals surface area contributed by atoms with Gasteiger partial charge in [-0.3, -0.25) is 14.6 Å². The van der Waals surface area contributed by atoms with E-state index >= 15 is 0 Å². The molecule has 0 radical (unpaired) electrons. The van der Waals surface area contributed by atoms with Crippen molar-refractivity contribution < 1.29 is 14.3 Å². The molecule has 0 spiro atoms. The monoisotopic (exact) mass is 465 g/mol. The van der Waals surface area contributed by atoms with Gasteiger partial charge in [-0.2, -0.15) is 0 Å². The van der Waals surface area contributed by atoms with Gasteiger partial charge in [0.15, 0.2) is 5.13 Å². The van der Waals surface area contributed by atoms with Crippen molar-refractivity contribution >= 4 is 62.4 Å². The van der Waals surface area contributed by atoms with Gasteiger partial charge in [-0.05, 0) is 29.7 Å². The zero-order valence-electron chi connectivity index (χ0n) is 16.7. The van der Waals surface area contributed by atoms with Crippen LogP contribution in [0.4, 0.5) is 5.13 Å². The van der Waals surface area contributed by atoms with Crippen LogP contribution in [0.25, 0.3) is 16.3 Å². The first kappa shape index (κ1) is 22.7. The smallest absolute Gasteiger partial charge is 0.252 e. The third-order valence-electron chi connectivity index (χ3n) is 4.76. The molecule has 1 aromatic carbocycles. The summed E-state index contributed by atoms with van der Waals surface area (Å²) in [6.07, 6.45) is 3.50. The maximum Gasteiger partial charge on any atom is 0.252 e. The number of amides is 1. The van der Waals surface area contributed by atoms with Crippen LogP contribution < -0.4 is 9.64 Å². The average molecular weight is 466 g/mol. The molecule has 4 rings (SSSR count). The van der Waals surface area contributed by atoms with Crippen molar-refractivity contribution in [1.29, 1.82) is 0 Å². The van der Waals surface area contributed by atoms with Gasteiger partial charge in [0.1, 0.15) is 5.75 Å². The molecule has 3 heterocycles. The molecule has 0 aliphatic carbocycles. The Labute approximate surface area is 190 Å². The summed E-state index contributed by atoms with van der Waals surface area (Å²) in [5, 5.41) is 2.71. The van der Waals surface area contributed by atoms with Crippen molar-refractivity contribution in [1.82, 2.24) is 9.88 Å². The average Bonchev–Trinajstić information content (AvgIpc) is 3.42. The van der Waals surface area contributed by atoms with Crippen molar-refractivity contribution in [2.24, 2.45) is 0 Å². The predicted octanol–water partition coefficient (Wildman–Crippen LogP) is 4.17. The van der Waals surface area contributed by atoms with E-state index in [4.69, 9.17) is 14.5 Å². The summed E-state index contributed by atoms with van der Waals surface area (Å²) in [6, 6.07) is 9.78. The highest BCUT2D eigenvalue weighted by Gasteiger charge is 2.20. The fourth-order valence-electron chi connectivity index (χ4n) is 3.13. The standard InChI is InChI=1S/C21H23N3O3S2.ClH/c1-26-16-4-6-19-18(15-16)22-21(29-19)24(9-8-23-10-12-27-13-11-23)20(25)7-5-17-3-2-14-28-17;/h2-7,14-15H,8-13H2,1H3;1H/b7-5+;. The van der Waals surface area contributed by atoms with Crippen molar-refractivity contribution in [2.45, 2.75) is 0 Å². The molecule has 2 aromatic heterocycles. The number of rotatable bonds is 7.